The lowest BCUT2D eigenvalue weighted by Crippen LogP contribution is -2.00. The second-order valence-electron chi connectivity index (χ2n) is 3.35. The van der Waals surface area contributed by atoms with Gasteiger partial charge in [0.2, 0.25) is 5.76 Å². The van der Waals surface area contributed by atoms with Gasteiger partial charge in [0.05, 0.1) is 10.6 Å². The maximum Gasteiger partial charge on any atom is 0.371 e. The van der Waals surface area contributed by atoms with Crippen LogP contribution in [0.5, 0.6) is 0 Å². The van der Waals surface area contributed by atoms with Crippen LogP contribution < -0.4 is 0 Å². The molecule has 0 amide bonds. The van der Waals surface area contributed by atoms with Gasteiger partial charge in [-0.25, -0.2) is 4.79 Å². The molecule has 17 heavy (non-hydrogen) atoms. The number of hydrogen-bond acceptors (Lipinski definition) is 6. The third-order valence-corrected chi connectivity index (χ3v) is 3.09. The van der Waals surface area contributed by atoms with Gasteiger partial charge in [0.25, 0.3) is 0 Å². The molecule has 0 aromatic carbocycles. The van der Waals surface area contributed by atoms with Gasteiger partial charge in [0.1, 0.15) is 11.9 Å². The fourth-order valence-electron chi connectivity index (χ4n) is 1.41. The number of carboxylic acid groups (broad SMARTS) is 1. The van der Waals surface area contributed by atoms with Crippen LogP contribution in [0.2, 0.25) is 0 Å². The first kappa shape index (κ1) is 11.7. The smallest absolute Gasteiger partial charge is 0.371 e. The van der Waals surface area contributed by atoms with Crippen LogP contribution in [0.25, 0.3) is 0 Å². The van der Waals surface area contributed by atoms with E-state index in [2.05, 4.69) is 9.59 Å². The number of furan rings is 1. The van der Waals surface area contributed by atoms with E-state index in [1.807, 2.05) is 6.92 Å². The molecule has 2 N–H and O–H groups in total. The van der Waals surface area contributed by atoms with Crippen molar-refractivity contribution in [3.8, 4) is 0 Å². The molecule has 0 aliphatic rings. The SMILES string of the molecule is CCc1nnsc1C(O)c1ccc(C(=O)O)o1. The minimum Gasteiger partial charge on any atom is -0.475 e. The van der Waals surface area contributed by atoms with Gasteiger partial charge in [-0.05, 0) is 30.1 Å². The van der Waals surface area contributed by atoms with Gasteiger partial charge in [-0.3, -0.25) is 0 Å². The summed E-state index contributed by atoms with van der Waals surface area (Å²) in [6.07, 6.45) is -0.367. The summed E-state index contributed by atoms with van der Waals surface area (Å²) < 4.78 is 8.79. The van der Waals surface area contributed by atoms with Crippen LogP contribution in [0.4, 0.5) is 0 Å². The first-order valence-corrected chi connectivity index (χ1v) is 5.73. The minimum atomic E-state index is -1.17. The number of hydrogen-bond donors (Lipinski definition) is 2. The third kappa shape index (κ3) is 2.20. The van der Waals surface area contributed by atoms with Crippen LogP contribution in [0.1, 0.15) is 39.9 Å². The average Bonchev–Trinajstić information content (AvgIpc) is 2.96. The third-order valence-electron chi connectivity index (χ3n) is 2.28. The van der Waals surface area contributed by atoms with Crippen LogP contribution in [0.3, 0.4) is 0 Å². The lowest BCUT2D eigenvalue weighted by atomic mass is 10.2. The Morgan fingerprint density at radius 1 is 1.59 bits per heavy atom. The van der Waals surface area contributed by atoms with E-state index >= 15 is 0 Å². The summed E-state index contributed by atoms with van der Waals surface area (Å²) in [4.78, 5) is 11.2. The zero-order valence-corrected chi connectivity index (χ0v) is 9.77. The molecule has 1 unspecified atom stereocenters. The molecule has 1 atom stereocenters. The van der Waals surface area contributed by atoms with E-state index in [-0.39, 0.29) is 11.5 Å². The molecule has 2 aromatic heterocycles. The first-order valence-electron chi connectivity index (χ1n) is 4.95. The molecule has 0 saturated heterocycles. The highest BCUT2D eigenvalue weighted by atomic mass is 32.1. The van der Waals surface area contributed by atoms with Crippen molar-refractivity contribution in [3.05, 3.63) is 34.2 Å². The number of aliphatic hydroxyl groups is 1. The van der Waals surface area contributed by atoms with Gasteiger partial charge in [-0.2, -0.15) is 0 Å². The highest BCUT2D eigenvalue weighted by molar-refractivity contribution is 7.05. The maximum atomic E-state index is 10.6. The van der Waals surface area contributed by atoms with E-state index in [1.165, 1.54) is 12.1 Å². The highest BCUT2D eigenvalue weighted by Crippen LogP contribution is 2.28. The molecule has 6 nitrogen and oxygen atoms in total. The molecule has 90 valence electrons. The van der Waals surface area contributed by atoms with Gasteiger partial charge in [0.15, 0.2) is 0 Å². The summed E-state index contributed by atoms with van der Waals surface area (Å²) >= 11 is 1.08. The Morgan fingerprint density at radius 3 is 2.94 bits per heavy atom. The van der Waals surface area contributed by atoms with Crippen molar-refractivity contribution in [1.29, 1.82) is 0 Å². The Bertz CT molecular complexity index is 534. The predicted molar refractivity (Wildman–Crippen MR) is 59.0 cm³/mol. The van der Waals surface area contributed by atoms with Crippen molar-refractivity contribution in [2.75, 3.05) is 0 Å². The number of rotatable bonds is 4. The molecule has 2 aromatic rings. The summed E-state index contributed by atoms with van der Waals surface area (Å²) in [5.41, 5.74) is 0.691. The summed E-state index contributed by atoms with van der Waals surface area (Å²) in [6.45, 7) is 1.90. The normalized spacial score (nSPS) is 12.6. The molecule has 0 saturated carbocycles. The zero-order chi connectivity index (χ0) is 12.4. The Balaban J connectivity index is 2.30. The van der Waals surface area contributed by atoms with E-state index in [9.17, 15) is 9.90 Å². The van der Waals surface area contributed by atoms with Gasteiger partial charge in [0, 0.05) is 0 Å². The topological polar surface area (TPSA) is 96.5 Å². The van der Waals surface area contributed by atoms with E-state index in [0.717, 1.165) is 11.5 Å². The second-order valence-corrected chi connectivity index (χ2v) is 4.13. The monoisotopic (exact) mass is 254 g/mol. The minimum absolute atomic E-state index is 0.183. The lowest BCUT2D eigenvalue weighted by Gasteiger charge is -2.05. The number of aryl methyl sites for hydroxylation is 1. The van der Waals surface area contributed by atoms with E-state index in [1.54, 1.807) is 0 Å². The van der Waals surface area contributed by atoms with Crippen molar-refractivity contribution >= 4 is 17.5 Å². The Hall–Kier alpha value is -1.73. The Morgan fingerprint density at radius 2 is 2.35 bits per heavy atom. The highest BCUT2D eigenvalue weighted by Gasteiger charge is 2.22. The Labute approximate surface area is 101 Å². The number of aromatic nitrogens is 2. The van der Waals surface area contributed by atoms with Crippen LogP contribution in [0, 0.1) is 0 Å². The summed E-state index contributed by atoms with van der Waals surface area (Å²) in [6, 6.07) is 2.74. The van der Waals surface area contributed by atoms with Crippen molar-refractivity contribution in [3.63, 3.8) is 0 Å². The second kappa shape index (κ2) is 4.64. The van der Waals surface area contributed by atoms with Crippen molar-refractivity contribution in [2.45, 2.75) is 19.4 Å². The van der Waals surface area contributed by atoms with E-state index in [4.69, 9.17) is 9.52 Å². The number of aliphatic hydroxyl groups excluding tert-OH is 1. The molecular weight excluding hydrogens is 244 g/mol. The maximum absolute atomic E-state index is 10.6. The van der Waals surface area contributed by atoms with Crippen LogP contribution in [-0.2, 0) is 6.42 Å². The van der Waals surface area contributed by atoms with Gasteiger partial charge in [-0.15, -0.1) is 5.10 Å². The zero-order valence-electron chi connectivity index (χ0n) is 8.95. The summed E-state index contributed by atoms with van der Waals surface area (Å²) in [7, 11) is 0. The lowest BCUT2D eigenvalue weighted by molar-refractivity contribution is 0.0655. The molecule has 7 heteroatoms. The number of nitrogens with zero attached hydrogens (tertiary/aromatic N) is 2. The number of carbonyl (C=O) groups is 1. The first-order chi connectivity index (χ1) is 8.13. The Kier molecular flexibility index (Phi) is 3.21. The molecule has 0 radical (unpaired) electrons. The molecule has 0 bridgehead atoms. The van der Waals surface area contributed by atoms with Crippen molar-refractivity contribution in [2.24, 2.45) is 0 Å². The molecule has 0 aliphatic carbocycles. The quantitative estimate of drug-likeness (QED) is 0.857. The standard InChI is InChI=1S/C10H10N2O4S/c1-2-5-9(17-12-11-5)8(13)6-3-4-7(16-6)10(14)15/h3-4,8,13H,2H2,1H3,(H,14,15). The predicted octanol–water partition coefficient (Wildman–Crippen LogP) is 1.47. The fourth-order valence-corrected chi connectivity index (χ4v) is 2.15. The van der Waals surface area contributed by atoms with Crippen LogP contribution in [-0.4, -0.2) is 25.8 Å². The summed E-state index contributed by atoms with van der Waals surface area (Å²) in [5, 5.41) is 22.6. The van der Waals surface area contributed by atoms with Crippen LogP contribution in [0.15, 0.2) is 16.5 Å². The van der Waals surface area contributed by atoms with E-state index < -0.39 is 12.1 Å². The molecule has 0 fully saturated rings. The molecule has 0 aliphatic heterocycles. The van der Waals surface area contributed by atoms with E-state index in [0.29, 0.717) is 17.0 Å². The van der Waals surface area contributed by atoms with Crippen molar-refractivity contribution in [1.82, 2.24) is 9.59 Å². The summed E-state index contributed by atoms with van der Waals surface area (Å²) in [5.74, 6) is -1.18. The molecular formula is C10H10N2O4S. The van der Waals surface area contributed by atoms with Crippen LogP contribution >= 0.6 is 11.5 Å². The van der Waals surface area contributed by atoms with Crippen molar-refractivity contribution < 1.29 is 19.4 Å². The molecule has 0 spiro atoms. The number of aromatic carboxylic acids is 1. The van der Waals surface area contributed by atoms with Gasteiger partial charge < -0.3 is 14.6 Å². The van der Waals surface area contributed by atoms with Gasteiger partial charge in [-0.1, -0.05) is 11.4 Å². The fraction of sp³-hybridized carbons (Fsp3) is 0.300. The largest absolute Gasteiger partial charge is 0.475 e. The van der Waals surface area contributed by atoms with Gasteiger partial charge >= 0.3 is 5.97 Å². The number of carboxylic acids is 1. The molecule has 2 heterocycles. The average molecular weight is 254 g/mol. The molecule has 2 rings (SSSR count).